The van der Waals surface area contributed by atoms with Crippen LogP contribution in [0, 0.1) is 0 Å². The van der Waals surface area contributed by atoms with Crippen molar-refractivity contribution >= 4 is 11.9 Å². The molecule has 0 aromatic carbocycles. The first-order chi connectivity index (χ1) is 34.6. The molecule has 0 aliphatic carbocycles. The third-order valence-corrected chi connectivity index (χ3v) is 12.6. The third-order valence-electron chi connectivity index (χ3n) is 12.6. The molecule has 0 fully saturated rings. The number of carbonyl (C=O) groups excluding carboxylic acids is 2. The molecule has 1 N–H and O–H groups in total. The molecule has 0 rings (SSSR count). The fourth-order valence-corrected chi connectivity index (χ4v) is 8.22. The molecule has 0 heterocycles. The van der Waals surface area contributed by atoms with E-state index in [9.17, 15) is 14.7 Å². The van der Waals surface area contributed by atoms with E-state index in [1.54, 1.807) is 0 Å². The molecule has 5 heteroatoms. The van der Waals surface area contributed by atoms with Crippen molar-refractivity contribution in [3.63, 3.8) is 0 Å². The average molecular weight is 972 g/mol. The highest BCUT2D eigenvalue weighted by atomic mass is 16.6. The SMILES string of the molecule is CC/C=C\C/C=C\C/C=C\C/C=C\C/C=C\CCCCCCCCCCCCCCCCCCCCCCCCCCCC(=O)OC(CO)COC(=O)CCCC/C=C\C/C=C\C/C=C\C/C=C\CC. The van der Waals surface area contributed by atoms with E-state index in [1.165, 1.54) is 148 Å². The van der Waals surface area contributed by atoms with Crippen molar-refractivity contribution in [1.82, 2.24) is 0 Å². The van der Waals surface area contributed by atoms with Gasteiger partial charge in [0.1, 0.15) is 6.61 Å². The number of aliphatic hydroxyl groups excluding tert-OH is 1. The van der Waals surface area contributed by atoms with Crippen molar-refractivity contribution in [2.75, 3.05) is 13.2 Å². The molecule has 0 aliphatic heterocycles. The number of esters is 2. The molecule has 5 nitrogen and oxygen atoms in total. The van der Waals surface area contributed by atoms with Crippen molar-refractivity contribution in [2.24, 2.45) is 0 Å². The van der Waals surface area contributed by atoms with Gasteiger partial charge in [-0.15, -0.1) is 0 Å². The van der Waals surface area contributed by atoms with Gasteiger partial charge in [0.05, 0.1) is 6.61 Å². The predicted octanol–water partition coefficient (Wildman–Crippen LogP) is 20.1. The normalized spacial score (nSPS) is 13.0. The summed E-state index contributed by atoms with van der Waals surface area (Å²) in [7, 11) is 0. The minimum atomic E-state index is -0.792. The summed E-state index contributed by atoms with van der Waals surface area (Å²) in [4.78, 5) is 24.4. The van der Waals surface area contributed by atoms with Gasteiger partial charge in [-0.2, -0.15) is 0 Å². The minimum Gasteiger partial charge on any atom is -0.462 e. The highest BCUT2D eigenvalue weighted by Crippen LogP contribution is 2.17. The van der Waals surface area contributed by atoms with Crippen LogP contribution in [-0.4, -0.2) is 36.4 Å². The maximum atomic E-state index is 12.3. The number of carbonyl (C=O) groups is 2. The summed E-state index contributed by atoms with van der Waals surface area (Å²) in [6.45, 7) is 3.88. The molecule has 0 amide bonds. The summed E-state index contributed by atoms with van der Waals surface area (Å²) in [6.07, 6.45) is 86.7. The molecule has 400 valence electrons. The lowest BCUT2D eigenvalue weighted by atomic mass is 10.0. The minimum absolute atomic E-state index is 0.0891. The van der Waals surface area contributed by atoms with E-state index in [0.717, 1.165) is 96.3 Å². The lowest BCUT2D eigenvalue weighted by Crippen LogP contribution is -2.28. The van der Waals surface area contributed by atoms with E-state index in [-0.39, 0.29) is 25.2 Å². The molecule has 0 saturated carbocycles. The van der Waals surface area contributed by atoms with E-state index in [1.807, 2.05) is 0 Å². The molecule has 70 heavy (non-hydrogen) atoms. The van der Waals surface area contributed by atoms with Crippen LogP contribution in [0.1, 0.15) is 271 Å². The predicted molar refractivity (Wildman–Crippen MR) is 306 cm³/mol. The summed E-state index contributed by atoms with van der Waals surface area (Å²) in [5.41, 5.74) is 0. The second kappa shape index (κ2) is 59.9. The molecule has 0 aliphatic rings. The van der Waals surface area contributed by atoms with Crippen LogP contribution in [0.25, 0.3) is 0 Å². The van der Waals surface area contributed by atoms with Crippen molar-refractivity contribution in [3.8, 4) is 0 Å². The first kappa shape index (κ1) is 66.6. The zero-order chi connectivity index (χ0) is 50.6. The Bertz CT molecular complexity index is 1380. The summed E-state index contributed by atoms with van der Waals surface area (Å²) in [5, 5.41) is 9.63. The lowest BCUT2D eigenvalue weighted by Gasteiger charge is -2.15. The Hall–Kier alpha value is -3.44. The highest BCUT2D eigenvalue weighted by molar-refractivity contribution is 5.70. The Morgan fingerprint density at radius 1 is 0.329 bits per heavy atom. The molecular weight excluding hydrogens is 861 g/mol. The fourth-order valence-electron chi connectivity index (χ4n) is 8.22. The zero-order valence-corrected chi connectivity index (χ0v) is 45.7. The Balaban J connectivity index is 3.43. The smallest absolute Gasteiger partial charge is 0.306 e. The number of ether oxygens (including phenoxy) is 2. The van der Waals surface area contributed by atoms with Gasteiger partial charge in [0, 0.05) is 12.8 Å². The largest absolute Gasteiger partial charge is 0.462 e. The van der Waals surface area contributed by atoms with Crippen LogP contribution in [0.5, 0.6) is 0 Å². The highest BCUT2D eigenvalue weighted by Gasteiger charge is 2.16. The van der Waals surface area contributed by atoms with Crippen molar-refractivity contribution in [1.29, 1.82) is 0 Å². The maximum Gasteiger partial charge on any atom is 0.306 e. The molecule has 1 atom stereocenters. The Labute approximate surface area is 433 Å². The molecule has 1 unspecified atom stereocenters. The maximum absolute atomic E-state index is 12.3. The third kappa shape index (κ3) is 57.1. The lowest BCUT2D eigenvalue weighted by molar-refractivity contribution is -0.161. The zero-order valence-electron chi connectivity index (χ0n) is 45.7. The molecule has 0 spiro atoms. The van der Waals surface area contributed by atoms with E-state index in [2.05, 4.69) is 123 Å². The summed E-state index contributed by atoms with van der Waals surface area (Å²) in [5.74, 6) is -0.635. The summed E-state index contributed by atoms with van der Waals surface area (Å²) >= 11 is 0. The molecule has 0 bridgehead atoms. The fraction of sp³-hybridized carbons (Fsp3) is 0.692. The van der Waals surface area contributed by atoms with Gasteiger partial charge in [0.15, 0.2) is 6.10 Å². The van der Waals surface area contributed by atoms with Gasteiger partial charge in [-0.05, 0) is 96.3 Å². The molecule has 0 saturated heterocycles. The molecule has 0 aromatic rings. The standard InChI is InChI=1S/C65H110O5/c1-3-5-7-9-11-13-15-17-19-20-21-22-23-24-25-26-27-28-29-30-31-32-33-34-35-36-37-38-39-40-41-42-43-44-46-48-50-52-54-56-58-60-65(68)70-63(61-66)62-69-64(67)59-57-55-53-51-49-47-45-18-16-14-12-10-8-6-4-2/h5-8,11-14,17-19,21-22,24-25,45,49,51,63,66H,3-4,9-10,15-16,20,23,26-44,46-48,50,52-62H2,1-2H3/b7-5-,8-6-,13-11-,14-12-,19-17-,22-21-,25-24-,45-18-,51-49-. The van der Waals surface area contributed by atoms with E-state index in [4.69, 9.17) is 9.47 Å². The van der Waals surface area contributed by atoms with Gasteiger partial charge in [0.2, 0.25) is 0 Å². The van der Waals surface area contributed by atoms with Crippen molar-refractivity contribution in [3.05, 3.63) is 109 Å². The van der Waals surface area contributed by atoms with Gasteiger partial charge in [-0.3, -0.25) is 9.59 Å². The number of unbranched alkanes of at least 4 members (excludes halogenated alkanes) is 27. The van der Waals surface area contributed by atoms with Crippen LogP contribution < -0.4 is 0 Å². The van der Waals surface area contributed by atoms with E-state index < -0.39 is 6.10 Å². The van der Waals surface area contributed by atoms with Crippen LogP contribution in [0.3, 0.4) is 0 Å². The second-order valence-corrected chi connectivity index (χ2v) is 19.3. The number of allylic oxidation sites excluding steroid dienone is 18. The Kier molecular flexibility index (Phi) is 56.9. The first-order valence-corrected chi connectivity index (χ1v) is 29.4. The van der Waals surface area contributed by atoms with Crippen molar-refractivity contribution in [2.45, 2.75) is 277 Å². The number of rotatable bonds is 53. The van der Waals surface area contributed by atoms with Crippen LogP contribution in [0.15, 0.2) is 109 Å². The molecule has 0 radical (unpaired) electrons. The monoisotopic (exact) mass is 971 g/mol. The second-order valence-electron chi connectivity index (χ2n) is 19.3. The molecular formula is C65H110O5. The first-order valence-electron chi connectivity index (χ1n) is 29.4. The summed E-state index contributed by atoms with van der Waals surface area (Å²) in [6, 6.07) is 0. The van der Waals surface area contributed by atoms with Crippen LogP contribution in [-0.2, 0) is 19.1 Å². The van der Waals surface area contributed by atoms with E-state index in [0.29, 0.717) is 12.8 Å². The van der Waals surface area contributed by atoms with Crippen LogP contribution in [0.2, 0.25) is 0 Å². The number of hydrogen-bond acceptors (Lipinski definition) is 5. The molecule has 0 aromatic heterocycles. The van der Waals surface area contributed by atoms with Crippen LogP contribution >= 0.6 is 0 Å². The Morgan fingerprint density at radius 2 is 0.571 bits per heavy atom. The Morgan fingerprint density at radius 3 is 0.886 bits per heavy atom. The number of aliphatic hydroxyl groups is 1. The van der Waals surface area contributed by atoms with Gasteiger partial charge in [-0.1, -0.05) is 271 Å². The van der Waals surface area contributed by atoms with Gasteiger partial charge < -0.3 is 14.6 Å². The average Bonchev–Trinajstić information content (AvgIpc) is 3.36. The van der Waals surface area contributed by atoms with Gasteiger partial charge in [0.25, 0.3) is 0 Å². The van der Waals surface area contributed by atoms with Crippen molar-refractivity contribution < 1.29 is 24.2 Å². The summed E-state index contributed by atoms with van der Waals surface area (Å²) < 4.78 is 10.6. The quantitative estimate of drug-likeness (QED) is 0.0373. The van der Waals surface area contributed by atoms with E-state index >= 15 is 0 Å². The topological polar surface area (TPSA) is 72.8 Å². The van der Waals surface area contributed by atoms with Crippen LogP contribution in [0.4, 0.5) is 0 Å². The van der Waals surface area contributed by atoms with Gasteiger partial charge >= 0.3 is 11.9 Å². The number of hydrogen-bond donors (Lipinski definition) is 1. The van der Waals surface area contributed by atoms with Gasteiger partial charge in [-0.25, -0.2) is 0 Å².